The minimum atomic E-state index is -6.00. The smallest absolute Gasteiger partial charge is 0.418 e. The Morgan fingerprint density at radius 1 is 0.500 bits per heavy atom. The van der Waals surface area contributed by atoms with Gasteiger partial charge in [-0.1, -0.05) is 36.4 Å². The Labute approximate surface area is 211 Å². The van der Waals surface area contributed by atoms with Gasteiger partial charge in [-0.3, -0.25) is 0 Å². The molecule has 0 amide bonds. The Morgan fingerprint density at radius 2 is 0.816 bits per heavy atom. The molecule has 0 aliphatic carbocycles. The second-order valence-electron chi connectivity index (χ2n) is 8.09. The third kappa shape index (κ3) is 7.59. The molecule has 0 radical (unpaired) electrons. The van der Waals surface area contributed by atoms with Gasteiger partial charge in [-0.05, 0) is 53.6 Å². The van der Waals surface area contributed by atoms with Crippen molar-refractivity contribution < 1.29 is 48.2 Å². The molecule has 0 bridgehead atoms. The van der Waals surface area contributed by atoms with Crippen molar-refractivity contribution >= 4 is 7.25 Å². The molecule has 1 nitrogen and oxygen atoms in total. The van der Waals surface area contributed by atoms with Gasteiger partial charge < -0.3 is 17.3 Å². The number of halogens is 10. The maximum atomic E-state index is 13.4. The van der Waals surface area contributed by atoms with Crippen molar-refractivity contribution in [1.29, 1.82) is 0 Å². The first-order valence-corrected chi connectivity index (χ1v) is 10.9. The Balaban J connectivity index is 0.000000732. The number of hydrogen-bond donors (Lipinski definition) is 0. The van der Waals surface area contributed by atoms with Gasteiger partial charge in [0.05, 0.1) is 11.1 Å². The van der Waals surface area contributed by atoms with Crippen LogP contribution >= 0.6 is 0 Å². The zero-order valence-electron chi connectivity index (χ0n) is 19.5. The first-order chi connectivity index (χ1) is 17.5. The van der Waals surface area contributed by atoms with Gasteiger partial charge in [0.15, 0.2) is 0 Å². The lowest BCUT2D eigenvalue weighted by Gasteiger charge is -2.15. The van der Waals surface area contributed by atoms with E-state index in [1.807, 2.05) is 72.3 Å². The van der Waals surface area contributed by atoms with E-state index in [0.29, 0.717) is 11.4 Å². The molecule has 0 unspecified atom stereocenters. The van der Waals surface area contributed by atoms with E-state index in [4.69, 9.17) is 0 Å². The Hall–Kier alpha value is -3.83. The first kappa shape index (κ1) is 28.7. The topological polar surface area (TPSA) is 3.88 Å². The summed E-state index contributed by atoms with van der Waals surface area (Å²) in [5, 5.41) is 0. The van der Waals surface area contributed by atoms with Crippen LogP contribution in [0.3, 0.4) is 0 Å². The summed E-state index contributed by atoms with van der Waals surface area (Å²) in [6.45, 7) is 0. The molecule has 1 aromatic heterocycles. The van der Waals surface area contributed by atoms with Gasteiger partial charge in [-0.25, -0.2) is 0 Å². The lowest BCUT2D eigenvalue weighted by molar-refractivity contribution is -0.649. The molecule has 200 valence electrons. The van der Waals surface area contributed by atoms with E-state index in [1.54, 1.807) is 12.1 Å². The molecule has 0 saturated heterocycles. The second-order valence-corrected chi connectivity index (χ2v) is 8.09. The van der Waals surface area contributed by atoms with Crippen molar-refractivity contribution in [2.45, 2.75) is 12.4 Å². The molecule has 4 aromatic rings. The number of benzene rings is 3. The average molecular weight is 545 g/mol. The summed E-state index contributed by atoms with van der Waals surface area (Å²) in [6, 6.07) is 23.1. The van der Waals surface area contributed by atoms with E-state index >= 15 is 0 Å². The van der Waals surface area contributed by atoms with Crippen LogP contribution in [0.1, 0.15) is 11.1 Å². The number of alkyl halides is 6. The summed E-state index contributed by atoms with van der Waals surface area (Å²) in [4.78, 5) is 0. The first-order valence-electron chi connectivity index (χ1n) is 10.9. The van der Waals surface area contributed by atoms with Gasteiger partial charge in [-0.15, -0.1) is 0 Å². The van der Waals surface area contributed by atoms with E-state index in [1.165, 1.54) is 0 Å². The zero-order chi connectivity index (χ0) is 28.3. The quantitative estimate of drug-likeness (QED) is 0.138. The zero-order valence-corrected chi connectivity index (χ0v) is 19.5. The van der Waals surface area contributed by atoms with Gasteiger partial charge in [0.25, 0.3) is 0 Å². The molecule has 0 fully saturated rings. The summed E-state index contributed by atoms with van der Waals surface area (Å²) in [7, 11) is -4.19. The molecule has 0 aliphatic rings. The third-order valence-corrected chi connectivity index (χ3v) is 5.37. The summed E-state index contributed by atoms with van der Waals surface area (Å²) in [5.41, 5.74) is 0.264. The van der Waals surface area contributed by atoms with Gasteiger partial charge >= 0.3 is 19.6 Å². The molecule has 12 heteroatoms. The Kier molecular flexibility index (Phi) is 8.23. The van der Waals surface area contributed by atoms with Crippen LogP contribution in [0.25, 0.3) is 33.6 Å². The Bertz CT molecular complexity index is 1280. The molecule has 3 aromatic carbocycles. The molecule has 0 N–H and O–H groups in total. The minimum Gasteiger partial charge on any atom is -0.418 e. The van der Waals surface area contributed by atoms with Crippen LogP contribution in [0.15, 0.2) is 91.0 Å². The van der Waals surface area contributed by atoms with E-state index in [9.17, 15) is 43.6 Å². The average Bonchev–Trinajstić information content (AvgIpc) is 2.83. The summed E-state index contributed by atoms with van der Waals surface area (Å²) < 4.78 is 121. The van der Waals surface area contributed by atoms with Crippen molar-refractivity contribution in [2.24, 2.45) is 7.05 Å². The fraction of sp³-hybridized carbons (Fsp3) is 0.115. The predicted molar refractivity (Wildman–Crippen MR) is 124 cm³/mol. The van der Waals surface area contributed by atoms with Crippen LogP contribution in [0, 0.1) is 0 Å². The highest BCUT2D eigenvalue weighted by Gasteiger charge is 2.37. The number of pyridine rings is 1. The number of nitrogens with zero attached hydrogens (tertiary/aromatic N) is 1. The molecule has 38 heavy (non-hydrogen) atoms. The van der Waals surface area contributed by atoms with E-state index in [0.717, 1.165) is 23.3 Å². The molecule has 0 saturated carbocycles. The van der Waals surface area contributed by atoms with Crippen molar-refractivity contribution in [2.75, 3.05) is 0 Å². The molecule has 0 aliphatic heterocycles. The molecule has 0 atom stereocenters. The van der Waals surface area contributed by atoms with Gasteiger partial charge in [-0.2, -0.15) is 30.9 Å². The van der Waals surface area contributed by atoms with Crippen LogP contribution in [-0.4, -0.2) is 7.25 Å². The highest BCUT2D eigenvalue weighted by atomic mass is 19.5. The summed E-state index contributed by atoms with van der Waals surface area (Å²) >= 11 is 0. The highest BCUT2D eigenvalue weighted by molar-refractivity contribution is 6.50. The molecule has 0 spiro atoms. The lowest BCUT2D eigenvalue weighted by Crippen LogP contribution is -2.34. The van der Waals surface area contributed by atoms with Gasteiger partial charge in [0.2, 0.25) is 11.4 Å². The number of aromatic nitrogens is 1. The maximum absolute atomic E-state index is 13.4. The largest absolute Gasteiger partial charge is 0.673 e. The number of hydrogen-bond acceptors (Lipinski definition) is 0. The van der Waals surface area contributed by atoms with Crippen molar-refractivity contribution in [3.63, 3.8) is 0 Å². The van der Waals surface area contributed by atoms with Crippen molar-refractivity contribution in [3.05, 3.63) is 102 Å². The third-order valence-electron chi connectivity index (χ3n) is 5.37. The van der Waals surface area contributed by atoms with E-state index in [2.05, 4.69) is 0 Å². The molecule has 4 rings (SSSR count). The lowest BCUT2D eigenvalue weighted by atomic mass is 9.96. The van der Waals surface area contributed by atoms with Gasteiger partial charge in [0, 0.05) is 23.3 Å². The molecule has 1 heterocycles. The molecular formula is C26H18BF10N. The van der Waals surface area contributed by atoms with Crippen LogP contribution in [0.2, 0.25) is 0 Å². The summed E-state index contributed by atoms with van der Waals surface area (Å²) in [6.07, 6.45) is -9.83. The SMILES string of the molecule is C[n+]1c(-c2ccccc2)cc(-c2cc(C(F)(F)F)cc(C(F)(F)F)c2)cc1-c1ccccc1.F[B-](F)(F)F. The van der Waals surface area contributed by atoms with E-state index in [-0.39, 0.29) is 17.2 Å². The fourth-order valence-corrected chi connectivity index (χ4v) is 3.72. The predicted octanol–water partition coefficient (Wildman–Crippen LogP) is 8.85. The maximum Gasteiger partial charge on any atom is 0.673 e. The van der Waals surface area contributed by atoms with Crippen molar-refractivity contribution in [3.8, 4) is 33.6 Å². The van der Waals surface area contributed by atoms with Gasteiger partial charge in [0.1, 0.15) is 7.05 Å². The van der Waals surface area contributed by atoms with Crippen LogP contribution in [0.4, 0.5) is 43.6 Å². The van der Waals surface area contributed by atoms with Crippen LogP contribution < -0.4 is 4.57 Å². The number of rotatable bonds is 3. The van der Waals surface area contributed by atoms with Crippen molar-refractivity contribution in [1.82, 2.24) is 0 Å². The van der Waals surface area contributed by atoms with Crippen LogP contribution in [-0.2, 0) is 19.4 Å². The van der Waals surface area contributed by atoms with Crippen LogP contribution in [0.5, 0.6) is 0 Å². The fourth-order valence-electron chi connectivity index (χ4n) is 3.72. The minimum absolute atomic E-state index is 0.142. The second kappa shape index (κ2) is 10.9. The van der Waals surface area contributed by atoms with E-state index < -0.39 is 30.7 Å². The normalized spacial score (nSPS) is 12.1. The standard InChI is InChI=1S/C26H18F6N.BF4/c1-33-23(17-8-4-2-5-9-17)14-20(15-24(33)18-10-6-3-7-11-18)19-12-21(25(27,28)29)16-22(13-19)26(30,31)32;2-1(3,4)5/h2-16H,1H3;/q+1;-1. The molecular weight excluding hydrogens is 527 g/mol. The Morgan fingerprint density at radius 3 is 1.13 bits per heavy atom. The highest BCUT2D eigenvalue weighted by Crippen LogP contribution is 2.39. The summed E-state index contributed by atoms with van der Waals surface area (Å²) in [5.74, 6) is 0. The monoisotopic (exact) mass is 545 g/mol.